The predicted molar refractivity (Wildman–Crippen MR) is 77.2 cm³/mol. The van der Waals surface area contributed by atoms with Gasteiger partial charge in [0.25, 0.3) is 0 Å². The van der Waals surface area contributed by atoms with Gasteiger partial charge in [0, 0.05) is 29.4 Å². The summed E-state index contributed by atoms with van der Waals surface area (Å²) in [4.78, 5) is 16.4. The Morgan fingerprint density at radius 1 is 1.37 bits per heavy atom. The molecule has 1 heterocycles. The van der Waals surface area contributed by atoms with Gasteiger partial charge in [-0.25, -0.2) is 0 Å². The molecule has 19 heavy (non-hydrogen) atoms. The van der Waals surface area contributed by atoms with E-state index in [0.29, 0.717) is 24.5 Å². The molecule has 0 aliphatic rings. The number of nitrogens with zero attached hydrogens (tertiary/aromatic N) is 1. The van der Waals surface area contributed by atoms with E-state index < -0.39 is 0 Å². The predicted octanol–water partition coefficient (Wildman–Crippen LogP) is 3.84. The van der Waals surface area contributed by atoms with Crippen molar-refractivity contribution >= 4 is 28.3 Å². The first-order chi connectivity index (χ1) is 9.27. The molecular weight excluding hydrogens is 262 g/mol. The Bertz CT molecular complexity index is 583. The van der Waals surface area contributed by atoms with Crippen molar-refractivity contribution in [1.29, 1.82) is 0 Å². The van der Waals surface area contributed by atoms with Crippen LogP contribution in [0, 0.1) is 0 Å². The molecule has 0 atom stereocenters. The van der Waals surface area contributed by atoms with Crippen LogP contribution in [-0.4, -0.2) is 23.3 Å². The number of alkyl halides is 1. The van der Waals surface area contributed by atoms with E-state index in [2.05, 4.69) is 4.98 Å². The highest BCUT2D eigenvalue weighted by atomic mass is 35.5. The van der Waals surface area contributed by atoms with Crippen molar-refractivity contribution in [2.45, 2.75) is 19.8 Å². The summed E-state index contributed by atoms with van der Waals surface area (Å²) in [6, 6.07) is 7.32. The van der Waals surface area contributed by atoms with Crippen molar-refractivity contribution in [2.24, 2.45) is 0 Å². The van der Waals surface area contributed by atoms with Gasteiger partial charge in [-0.2, -0.15) is 0 Å². The van der Waals surface area contributed by atoms with Crippen molar-refractivity contribution < 1.29 is 9.53 Å². The van der Waals surface area contributed by atoms with Crippen LogP contribution in [0.4, 0.5) is 0 Å². The van der Waals surface area contributed by atoms with E-state index in [0.717, 1.165) is 23.1 Å². The monoisotopic (exact) mass is 277 g/mol. The molecule has 0 N–H and O–H groups in total. The number of ether oxygens (including phenoxy) is 1. The van der Waals surface area contributed by atoms with Gasteiger partial charge in [-0.1, -0.05) is 13.0 Å². The number of hydrogen-bond donors (Lipinski definition) is 0. The molecule has 4 heteroatoms. The molecule has 3 nitrogen and oxygen atoms in total. The summed E-state index contributed by atoms with van der Waals surface area (Å²) in [5, 5.41) is 0.825. The van der Waals surface area contributed by atoms with Crippen LogP contribution in [0.15, 0.2) is 30.5 Å². The highest BCUT2D eigenvalue weighted by Crippen LogP contribution is 2.27. The van der Waals surface area contributed by atoms with Crippen molar-refractivity contribution in [3.8, 4) is 5.75 Å². The molecule has 100 valence electrons. The maximum atomic E-state index is 12.0. The number of aromatic nitrogens is 1. The molecule has 0 aliphatic carbocycles. The molecule has 2 rings (SSSR count). The lowest BCUT2D eigenvalue weighted by Crippen LogP contribution is -2.03. The Labute approximate surface area is 117 Å². The van der Waals surface area contributed by atoms with Crippen molar-refractivity contribution in [1.82, 2.24) is 4.98 Å². The van der Waals surface area contributed by atoms with E-state index in [9.17, 15) is 4.79 Å². The molecule has 0 unspecified atom stereocenters. The molecule has 0 aliphatic heterocycles. The van der Waals surface area contributed by atoms with Crippen molar-refractivity contribution in [2.75, 3.05) is 12.5 Å². The van der Waals surface area contributed by atoms with Crippen LogP contribution >= 0.6 is 11.6 Å². The second-order valence-electron chi connectivity index (χ2n) is 4.22. The van der Waals surface area contributed by atoms with Crippen LogP contribution in [0.3, 0.4) is 0 Å². The summed E-state index contributed by atoms with van der Waals surface area (Å²) in [5.41, 5.74) is 1.39. The van der Waals surface area contributed by atoms with Gasteiger partial charge in [0.2, 0.25) is 0 Å². The van der Waals surface area contributed by atoms with E-state index >= 15 is 0 Å². The average Bonchev–Trinajstić information content (AvgIpc) is 2.45. The zero-order chi connectivity index (χ0) is 13.7. The number of ketones is 1. The Morgan fingerprint density at radius 2 is 2.21 bits per heavy atom. The fraction of sp³-hybridized carbons (Fsp3) is 0.333. The van der Waals surface area contributed by atoms with Crippen molar-refractivity contribution in [3.63, 3.8) is 0 Å². The summed E-state index contributed by atoms with van der Waals surface area (Å²) in [7, 11) is 0. The number of pyridine rings is 1. The smallest absolute Gasteiger partial charge is 0.164 e. The third-order valence-corrected chi connectivity index (χ3v) is 3.01. The minimum absolute atomic E-state index is 0.0371. The van der Waals surface area contributed by atoms with E-state index in [-0.39, 0.29) is 5.78 Å². The third kappa shape index (κ3) is 3.04. The first kappa shape index (κ1) is 13.8. The molecule has 0 radical (unpaired) electrons. The van der Waals surface area contributed by atoms with E-state index in [4.69, 9.17) is 16.3 Å². The zero-order valence-electron chi connectivity index (χ0n) is 10.9. The Kier molecular flexibility index (Phi) is 4.74. The molecule has 0 saturated carbocycles. The van der Waals surface area contributed by atoms with Gasteiger partial charge in [-0.05, 0) is 24.6 Å². The standard InChI is InChI=1S/C15H16ClNO2/c1-2-10-19-14-6-5-11(13(18)7-8-16)12-4-3-9-17-15(12)14/h3-6,9H,2,7-8,10H2,1H3. The highest BCUT2D eigenvalue weighted by molar-refractivity contribution is 6.20. The molecular formula is C15H16ClNO2. The molecule has 0 amide bonds. The van der Waals surface area contributed by atoms with Crippen LogP contribution in [-0.2, 0) is 0 Å². The lowest BCUT2D eigenvalue weighted by molar-refractivity contribution is 0.0991. The molecule has 2 aromatic rings. The summed E-state index contributed by atoms with van der Waals surface area (Å²) in [5.74, 6) is 1.09. The maximum Gasteiger partial charge on any atom is 0.164 e. The van der Waals surface area contributed by atoms with E-state index in [1.54, 1.807) is 12.3 Å². The molecule has 0 fully saturated rings. The van der Waals surface area contributed by atoms with Gasteiger partial charge in [0.15, 0.2) is 5.78 Å². The lowest BCUT2D eigenvalue weighted by Gasteiger charge is -2.10. The molecule has 1 aromatic heterocycles. The number of benzene rings is 1. The van der Waals surface area contributed by atoms with Crippen LogP contribution in [0.25, 0.3) is 10.9 Å². The number of Topliss-reactive ketones (excluding diaryl/α,β-unsaturated/α-hetero) is 1. The fourth-order valence-electron chi connectivity index (χ4n) is 1.94. The van der Waals surface area contributed by atoms with Crippen LogP contribution < -0.4 is 4.74 Å². The third-order valence-electron chi connectivity index (χ3n) is 2.82. The van der Waals surface area contributed by atoms with E-state index in [1.807, 2.05) is 25.1 Å². The summed E-state index contributed by atoms with van der Waals surface area (Å²) < 4.78 is 5.66. The average molecular weight is 278 g/mol. The fourth-order valence-corrected chi connectivity index (χ4v) is 2.11. The maximum absolute atomic E-state index is 12.0. The Morgan fingerprint density at radius 3 is 2.95 bits per heavy atom. The van der Waals surface area contributed by atoms with Gasteiger partial charge < -0.3 is 4.74 Å². The number of rotatable bonds is 6. The first-order valence-corrected chi connectivity index (χ1v) is 6.91. The molecule has 0 bridgehead atoms. The quantitative estimate of drug-likeness (QED) is 0.595. The highest BCUT2D eigenvalue weighted by Gasteiger charge is 2.13. The molecule has 0 saturated heterocycles. The first-order valence-electron chi connectivity index (χ1n) is 6.37. The van der Waals surface area contributed by atoms with Crippen LogP contribution in [0.1, 0.15) is 30.1 Å². The SMILES string of the molecule is CCCOc1ccc(C(=O)CCCl)c2cccnc12. The molecule has 0 spiro atoms. The number of hydrogen-bond acceptors (Lipinski definition) is 3. The largest absolute Gasteiger partial charge is 0.491 e. The number of carbonyl (C=O) groups excluding carboxylic acids is 1. The number of halogens is 1. The van der Waals surface area contributed by atoms with Gasteiger partial charge in [0.05, 0.1) is 6.61 Å². The number of carbonyl (C=O) groups is 1. The zero-order valence-corrected chi connectivity index (χ0v) is 11.6. The second kappa shape index (κ2) is 6.53. The van der Waals surface area contributed by atoms with Gasteiger partial charge >= 0.3 is 0 Å². The second-order valence-corrected chi connectivity index (χ2v) is 4.60. The Hall–Kier alpha value is -1.61. The minimum Gasteiger partial charge on any atom is -0.491 e. The van der Waals surface area contributed by atoms with Gasteiger partial charge in [0.1, 0.15) is 11.3 Å². The van der Waals surface area contributed by atoms with Gasteiger partial charge in [-0.15, -0.1) is 11.6 Å². The molecule has 1 aromatic carbocycles. The minimum atomic E-state index is 0.0371. The van der Waals surface area contributed by atoms with Crippen LogP contribution in [0.2, 0.25) is 0 Å². The van der Waals surface area contributed by atoms with E-state index in [1.165, 1.54) is 0 Å². The van der Waals surface area contributed by atoms with Crippen molar-refractivity contribution in [3.05, 3.63) is 36.0 Å². The summed E-state index contributed by atoms with van der Waals surface area (Å²) in [6.07, 6.45) is 2.97. The summed E-state index contributed by atoms with van der Waals surface area (Å²) >= 11 is 5.64. The Balaban J connectivity index is 2.48. The normalized spacial score (nSPS) is 10.6. The van der Waals surface area contributed by atoms with Gasteiger partial charge in [-0.3, -0.25) is 9.78 Å². The topological polar surface area (TPSA) is 39.2 Å². The summed E-state index contributed by atoms with van der Waals surface area (Å²) in [6.45, 7) is 2.69. The van der Waals surface area contributed by atoms with Crippen LogP contribution in [0.5, 0.6) is 5.75 Å². The lowest BCUT2D eigenvalue weighted by atomic mass is 10.0. The number of fused-ring (bicyclic) bond motifs is 1.